The molecule has 6 heteroatoms. The highest BCUT2D eigenvalue weighted by Gasteiger charge is 2.38. The number of ether oxygens (including phenoxy) is 1. The van der Waals surface area contributed by atoms with Crippen LogP contribution in [-0.4, -0.2) is 17.7 Å². The van der Waals surface area contributed by atoms with E-state index in [1.54, 1.807) is 13.8 Å². The number of hydrogen-bond donors (Lipinski definition) is 0. The first-order valence-corrected chi connectivity index (χ1v) is 8.83. The van der Waals surface area contributed by atoms with Crippen molar-refractivity contribution < 1.29 is 9.53 Å². The highest BCUT2D eigenvalue weighted by atomic mass is 35.8. The lowest BCUT2D eigenvalue weighted by Crippen LogP contribution is -2.35. The van der Waals surface area contributed by atoms with Crippen LogP contribution >= 0.6 is 33.2 Å². The zero-order valence-electron chi connectivity index (χ0n) is 7.44. The van der Waals surface area contributed by atoms with Crippen molar-refractivity contribution in [2.24, 2.45) is 0 Å². The van der Waals surface area contributed by atoms with Crippen molar-refractivity contribution in [3.05, 3.63) is 12.2 Å². The summed E-state index contributed by atoms with van der Waals surface area (Å²) in [6.45, 7) is 6.78. The van der Waals surface area contributed by atoms with Gasteiger partial charge >= 0.3 is 12.0 Å². The minimum atomic E-state index is -2.96. The van der Waals surface area contributed by atoms with Gasteiger partial charge in [-0.3, -0.25) is 0 Å². The van der Waals surface area contributed by atoms with Crippen LogP contribution in [0.1, 0.15) is 20.3 Å². The molecule has 0 amide bonds. The molecule has 0 fully saturated rings. The molecule has 0 aliphatic rings. The van der Waals surface area contributed by atoms with Gasteiger partial charge < -0.3 is 4.74 Å². The molecule has 1 unspecified atom stereocenters. The highest BCUT2D eigenvalue weighted by molar-refractivity contribution is 7.65. The Balaban J connectivity index is 4.31. The second-order valence-electron chi connectivity index (χ2n) is 2.62. The summed E-state index contributed by atoms with van der Waals surface area (Å²) >= 11 is 17.1. The topological polar surface area (TPSA) is 26.3 Å². The van der Waals surface area contributed by atoms with Crippen molar-refractivity contribution >= 4 is 45.2 Å². The van der Waals surface area contributed by atoms with Crippen LogP contribution < -0.4 is 0 Å². The predicted octanol–water partition coefficient (Wildman–Crippen LogP) is 3.08. The van der Waals surface area contributed by atoms with E-state index in [2.05, 4.69) is 6.58 Å². The summed E-state index contributed by atoms with van der Waals surface area (Å²) in [6, 6.07) is -2.96. The molecule has 0 bridgehead atoms. The maximum atomic E-state index is 11.1. The lowest BCUT2D eigenvalue weighted by molar-refractivity contribution is -0.140. The molecule has 0 aromatic rings. The van der Waals surface area contributed by atoms with Crippen molar-refractivity contribution in [2.45, 2.75) is 26.0 Å². The smallest absolute Gasteiger partial charge is 0.381 e. The Morgan fingerprint density at radius 1 is 1.54 bits per heavy atom. The van der Waals surface area contributed by atoms with Crippen molar-refractivity contribution in [2.75, 3.05) is 0 Å². The molecule has 76 valence electrons. The van der Waals surface area contributed by atoms with Crippen LogP contribution in [0.5, 0.6) is 0 Å². The second-order valence-corrected chi connectivity index (χ2v) is 11.5. The standard InChI is InChI=1S/C7H11Cl3O2Si/c1-4-6(13(8,9)10)12-7(11)5(2)3/h6H,2,4H2,1,3H3. The van der Waals surface area contributed by atoms with Crippen LogP contribution in [-0.2, 0) is 9.53 Å². The molecule has 0 heterocycles. The van der Waals surface area contributed by atoms with Crippen molar-refractivity contribution in [3.8, 4) is 0 Å². The number of esters is 1. The first-order valence-electron chi connectivity index (χ1n) is 3.72. The van der Waals surface area contributed by atoms with E-state index in [4.69, 9.17) is 38.0 Å². The summed E-state index contributed by atoms with van der Waals surface area (Å²) < 4.78 is 4.95. The van der Waals surface area contributed by atoms with E-state index >= 15 is 0 Å². The average Bonchev–Trinajstić information content (AvgIpc) is 1.96. The average molecular weight is 262 g/mol. The van der Waals surface area contributed by atoms with Gasteiger partial charge in [-0.2, -0.15) is 0 Å². The number of carbonyl (C=O) groups excluding carboxylic acids is 1. The van der Waals surface area contributed by atoms with E-state index in [1.807, 2.05) is 0 Å². The van der Waals surface area contributed by atoms with Gasteiger partial charge in [-0.1, -0.05) is 13.5 Å². The van der Waals surface area contributed by atoms with Crippen LogP contribution in [0.25, 0.3) is 0 Å². The Morgan fingerprint density at radius 2 is 2.00 bits per heavy atom. The minimum Gasteiger partial charge on any atom is -0.458 e. The third-order valence-corrected chi connectivity index (χ3v) is 4.78. The van der Waals surface area contributed by atoms with E-state index in [-0.39, 0.29) is 0 Å². The SMILES string of the molecule is C=C(C)C(=O)OC(CC)[Si](Cl)(Cl)Cl. The van der Waals surface area contributed by atoms with E-state index in [0.29, 0.717) is 12.0 Å². The van der Waals surface area contributed by atoms with E-state index in [1.165, 1.54) is 0 Å². The van der Waals surface area contributed by atoms with Gasteiger partial charge in [-0.05, 0) is 13.3 Å². The molecule has 13 heavy (non-hydrogen) atoms. The summed E-state index contributed by atoms with van der Waals surface area (Å²) in [5.74, 6) is -0.509. The molecule has 0 saturated carbocycles. The zero-order chi connectivity index (χ0) is 10.6. The van der Waals surface area contributed by atoms with Gasteiger partial charge in [-0.25, -0.2) is 4.79 Å². The van der Waals surface area contributed by atoms with Crippen LogP contribution in [0.4, 0.5) is 0 Å². The fourth-order valence-corrected chi connectivity index (χ4v) is 3.10. The highest BCUT2D eigenvalue weighted by Crippen LogP contribution is 2.28. The lowest BCUT2D eigenvalue weighted by Gasteiger charge is -2.20. The maximum Gasteiger partial charge on any atom is 0.381 e. The van der Waals surface area contributed by atoms with Crippen molar-refractivity contribution in [1.29, 1.82) is 0 Å². The molecule has 0 saturated heterocycles. The van der Waals surface area contributed by atoms with Gasteiger partial charge in [0.05, 0.1) is 0 Å². The second kappa shape index (κ2) is 5.25. The molecule has 0 aromatic carbocycles. The summed E-state index contributed by atoms with van der Waals surface area (Å²) in [6.07, 6.45) is 0.502. The quantitative estimate of drug-likeness (QED) is 0.336. The largest absolute Gasteiger partial charge is 0.458 e. The molecule has 0 aliphatic carbocycles. The molecule has 1 atom stereocenters. The van der Waals surface area contributed by atoms with Gasteiger partial charge in [-0.15, -0.1) is 33.2 Å². The normalized spacial score (nSPS) is 13.6. The molecule has 0 radical (unpaired) electrons. The maximum absolute atomic E-state index is 11.1. The van der Waals surface area contributed by atoms with Crippen LogP contribution in [0.15, 0.2) is 12.2 Å². The molecule has 0 rings (SSSR count). The number of hydrogen-bond acceptors (Lipinski definition) is 2. The molecular weight excluding hydrogens is 251 g/mol. The van der Waals surface area contributed by atoms with Gasteiger partial charge in [0.2, 0.25) is 0 Å². The molecule has 0 aromatic heterocycles. The third-order valence-electron chi connectivity index (χ3n) is 1.33. The van der Waals surface area contributed by atoms with Gasteiger partial charge in [0, 0.05) is 5.57 Å². The Morgan fingerprint density at radius 3 is 2.23 bits per heavy atom. The third kappa shape index (κ3) is 4.91. The lowest BCUT2D eigenvalue weighted by atomic mass is 10.4. The Kier molecular flexibility index (Phi) is 5.37. The Hall–Kier alpha value is 0.297. The van der Waals surface area contributed by atoms with E-state index < -0.39 is 17.7 Å². The van der Waals surface area contributed by atoms with Gasteiger partial charge in [0.1, 0.15) is 5.73 Å². The molecule has 0 spiro atoms. The predicted molar refractivity (Wildman–Crippen MR) is 58.3 cm³/mol. The Labute approximate surface area is 92.9 Å². The summed E-state index contributed by atoms with van der Waals surface area (Å²) in [4.78, 5) is 11.1. The zero-order valence-corrected chi connectivity index (χ0v) is 10.7. The van der Waals surface area contributed by atoms with Gasteiger partial charge in [0.15, 0.2) is 0 Å². The number of carbonyl (C=O) groups is 1. The monoisotopic (exact) mass is 260 g/mol. The fraction of sp³-hybridized carbons (Fsp3) is 0.571. The summed E-state index contributed by atoms with van der Waals surface area (Å²) in [7, 11) is 0. The van der Waals surface area contributed by atoms with Gasteiger partial charge in [0.25, 0.3) is 0 Å². The fourth-order valence-electron chi connectivity index (χ4n) is 0.611. The summed E-state index contributed by atoms with van der Waals surface area (Å²) in [5, 5.41) is 0. The van der Waals surface area contributed by atoms with Crippen molar-refractivity contribution in [3.63, 3.8) is 0 Å². The first-order chi connectivity index (χ1) is 5.79. The molecule has 0 aliphatic heterocycles. The molecule has 0 N–H and O–H groups in total. The Bertz CT molecular complexity index is 212. The van der Waals surface area contributed by atoms with E-state index in [0.717, 1.165) is 0 Å². The molecular formula is C7H11Cl3O2Si. The first kappa shape index (κ1) is 13.3. The van der Waals surface area contributed by atoms with Crippen molar-refractivity contribution in [1.82, 2.24) is 0 Å². The molecule has 2 nitrogen and oxygen atoms in total. The minimum absolute atomic E-state index is 0.307. The van der Waals surface area contributed by atoms with Crippen LogP contribution in [0.3, 0.4) is 0 Å². The van der Waals surface area contributed by atoms with E-state index in [9.17, 15) is 4.79 Å². The van der Waals surface area contributed by atoms with Crippen LogP contribution in [0.2, 0.25) is 0 Å². The number of rotatable bonds is 4. The van der Waals surface area contributed by atoms with Crippen LogP contribution in [0, 0.1) is 0 Å². The number of halogens is 3. The summed E-state index contributed by atoms with van der Waals surface area (Å²) in [5.41, 5.74) is -0.289.